The molecule has 1 atom stereocenters. The Bertz CT molecular complexity index is 865. The number of aliphatic hydroxyl groups excluding tert-OH is 1. The number of hydrogen-bond acceptors (Lipinski definition) is 5. The van der Waals surface area contributed by atoms with Gasteiger partial charge in [0.1, 0.15) is 5.75 Å². The minimum Gasteiger partial charge on any atom is -0.496 e. The van der Waals surface area contributed by atoms with E-state index in [1.165, 1.54) is 7.11 Å². The van der Waals surface area contributed by atoms with Gasteiger partial charge in [0.05, 0.1) is 18.8 Å². The molecule has 6 nitrogen and oxygen atoms in total. The van der Waals surface area contributed by atoms with E-state index in [9.17, 15) is 9.90 Å². The van der Waals surface area contributed by atoms with E-state index in [1.54, 1.807) is 6.07 Å². The summed E-state index contributed by atoms with van der Waals surface area (Å²) in [6, 6.07) is 10.8. The van der Waals surface area contributed by atoms with Crippen LogP contribution in [0.15, 0.2) is 36.4 Å². The van der Waals surface area contributed by atoms with Gasteiger partial charge in [-0.25, -0.2) is 0 Å². The molecule has 30 heavy (non-hydrogen) atoms. The van der Waals surface area contributed by atoms with Gasteiger partial charge in [-0.05, 0) is 80.1 Å². The zero-order valence-electron chi connectivity index (χ0n) is 17.3. The Morgan fingerprint density at radius 2 is 1.93 bits per heavy atom. The third-order valence-electron chi connectivity index (χ3n) is 5.92. The fourth-order valence-corrected chi connectivity index (χ4v) is 4.18. The lowest BCUT2D eigenvalue weighted by molar-refractivity contribution is 0.0997. The number of carbonyl (C=O) groups is 1. The van der Waals surface area contributed by atoms with Crippen molar-refractivity contribution in [3.8, 4) is 5.75 Å². The number of halogens is 1. The van der Waals surface area contributed by atoms with Crippen molar-refractivity contribution in [2.75, 3.05) is 32.5 Å². The molecule has 0 bridgehead atoms. The van der Waals surface area contributed by atoms with Crippen LogP contribution >= 0.6 is 11.6 Å². The van der Waals surface area contributed by atoms with Gasteiger partial charge < -0.3 is 26.2 Å². The first kappa shape index (κ1) is 22.4. The highest BCUT2D eigenvalue weighted by atomic mass is 35.5. The van der Waals surface area contributed by atoms with Crippen LogP contribution in [0.4, 0.5) is 5.69 Å². The van der Waals surface area contributed by atoms with Crippen LogP contribution in [0, 0.1) is 5.92 Å². The quantitative estimate of drug-likeness (QED) is 0.556. The van der Waals surface area contributed by atoms with E-state index in [0.717, 1.165) is 50.0 Å². The summed E-state index contributed by atoms with van der Waals surface area (Å²) in [5.74, 6) is 0.452. The summed E-state index contributed by atoms with van der Waals surface area (Å²) in [5, 5.41) is 11.1. The molecule has 2 aromatic rings. The smallest absolute Gasteiger partial charge is 0.252 e. The Hall–Kier alpha value is -2.28. The number of nitrogen functional groups attached to an aromatic ring is 1. The van der Waals surface area contributed by atoms with Crippen molar-refractivity contribution in [2.45, 2.75) is 31.8 Å². The molecular formula is C23H30ClN3O3. The maximum absolute atomic E-state index is 11.5. The molecular weight excluding hydrogens is 402 g/mol. The molecule has 0 aliphatic carbocycles. The van der Waals surface area contributed by atoms with Gasteiger partial charge in [0.25, 0.3) is 5.91 Å². The fourth-order valence-electron chi connectivity index (χ4n) is 4.06. The van der Waals surface area contributed by atoms with Crippen molar-refractivity contribution in [3.63, 3.8) is 0 Å². The minimum absolute atomic E-state index is 0.313. The summed E-state index contributed by atoms with van der Waals surface area (Å²) in [5.41, 5.74) is 14.4. The van der Waals surface area contributed by atoms with Crippen LogP contribution in [0.1, 0.15) is 46.9 Å². The summed E-state index contributed by atoms with van der Waals surface area (Å²) in [6.45, 7) is 2.85. The number of nitrogens with two attached hydrogens (primary N) is 2. The number of likely N-dealkylation sites (tertiary alicyclic amines) is 1. The van der Waals surface area contributed by atoms with Crippen LogP contribution in [-0.4, -0.2) is 42.7 Å². The lowest BCUT2D eigenvalue weighted by Gasteiger charge is -2.32. The monoisotopic (exact) mass is 431 g/mol. The number of amides is 1. The van der Waals surface area contributed by atoms with E-state index in [-0.39, 0.29) is 0 Å². The molecule has 1 aliphatic heterocycles. The fraction of sp³-hybridized carbons (Fsp3) is 0.435. The summed E-state index contributed by atoms with van der Waals surface area (Å²) in [6.07, 6.45) is 3.20. The van der Waals surface area contributed by atoms with Gasteiger partial charge in [0.15, 0.2) is 0 Å². The third-order valence-corrected chi connectivity index (χ3v) is 6.17. The van der Waals surface area contributed by atoms with Crippen molar-refractivity contribution in [2.24, 2.45) is 11.7 Å². The summed E-state index contributed by atoms with van der Waals surface area (Å²) in [7, 11) is 1.53. The van der Waals surface area contributed by atoms with Crippen molar-refractivity contribution >= 4 is 23.2 Å². The minimum atomic E-state index is -0.542. The second-order valence-corrected chi connectivity index (χ2v) is 8.40. The number of ether oxygens (including phenoxy) is 1. The zero-order chi connectivity index (χ0) is 21.7. The molecule has 3 rings (SSSR count). The molecule has 0 aromatic heterocycles. The van der Waals surface area contributed by atoms with Crippen LogP contribution in [0.3, 0.4) is 0 Å². The first-order chi connectivity index (χ1) is 14.4. The lowest BCUT2D eigenvalue weighted by atomic mass is 9.89. The molecule has 1 unspecified atom stereocenters. The van der Waals surface area contributed by atoms with Crippen molar-refractivity contribution in [1.29, 1.82) is 0 Å². The maximum atomic E-state index is 11.5. The Labute approximate surface area is 182 Å². The van der Waals surface area contributed by atoms with E-state index >= 15 is 0 Å². The molecule has 162 valence electrons. The molecule has 0 saturated carbocycles. The SMILES string of the molecule is COc1cc(CC2CCN(CCC(O)c3ccc(Cl)cc3)CC2)c(N)cc1C(N)=O. The normalized spacial score (nSPS) is 16.4. The first-order valence-electron chi connectivity index (χ1n) is 10.3. The largest absolute Gasteiger partial charge is 0.496 e. The van der Waals surface area contributed by atoms with Crippen molar-refractivity contribution in [3.05, 3.63) is 58.1 Å². The standard InChI is InChI=1S/C23H30ClN3O3/c1-30-22-13-17(20(25)14-19(22)23(26)29)12-15-6-9-27(10-7-15)11-8-21(28)16-2-4-18(24)5-3-16/h2-5,13-15,21,28H,6-12,25H2,1H3,(H2,26,29). The number of piperidine rings is 1. The van der Waals surface area contributed by atoms with Crippen LogP contribution in [0.25, 0.3) is 0 Å². The van der Waals surface area contributed by atoms with Crippen LogP contribution in [0.2, 0.25) is 5.02 Å². The van der Waals surface area contributed by atoms with Crippen LogP contribution in [0.5, 0.6) is 5.75 Å². The number of carbonyl (C=O) groups excluding carboxylic acids is 1. The lowest BCUT2D eigenvalue weighted by Crippen LogP contribution is -2.35. The highest BCUT2D eigenvalue weighted by molar-refractivity contribution is 6.30. The number of primary amides is 1. The van der Waals surface area contributed by atoms with Crippen LogP contribution in [-0.2, 0) is 6.42 Å². The maximum Gasteiger partial charge on any atom is 0.252 e. The zero-order valence-corrected chi connectivity index (χ0v) is 18.1. The molecule has 0 spiro atoms. The van der Waals surface area contributed by atoms with E-state index in [4.69, 9.17) is 27.8 Å². The van der Waals surface area contributed by atoms with Crippen LogP contribution < -0.4 is 16.2 Å². The van der Waals surface area contributed by atoms with Gasteiger partial charge in [-0.2, -0.15) is 0 Å². The Balaban J connectivity index is 1.50. The van der Waals surface area contributed by atoms with Gasteiger partial charge in [-0.3, -0.25) is 4.79 Å². The third kappa shape index (κ3) is 5.65. The van der Waals surface area contributed by atoms with Gasteiger partial charge in [0.2, 0.25) is 0 Å². The predicted molar refractivity (Wildman–Crippen MR) is 120 cm³/mol. The topological polar surface area (TPSA) is 102 Å². The molecule has 0 radical (unpaired) electrons. The van der Waals surface area contributed by atoms with E-state index < -0.39 is 12.0 Å². The number of methoxy groups -OCH3 is 1. The second-order valence-electron chi connectivity index (χ2n) is 7.96. The van der Waals surface area contributed by atoms with E-state index in [1.807, 2.05) is 30.3 Å². The molecule has 1 aliphatic rings. The molecule has 1 saturated heterocycles. The molecule has 1 amide bonds. The summed E-state index contributed by atoms with van der Waals surface area (Å²) >= 11 is 5.91. The van der Waals surface area contributed by atoms with Crippen molar-refractivity contribution in [1.82, 2.24) is 4.90 Å². The highest BCUT2D eigenvalue weighted by Crippen LogP contribution is 2.30. The van der Waals surface area contributed by atoms with E-state index in [0.29, 0.717) is 34.4 Å². The second kappa shape index (κ2) is 10.2. The average Bonchev–Trinajstić information content (AvgIpc) is 2.74. The molecule has 1 fully saturated rings. The first-order valence-corrected chi connectivity index (χ1v) is 10.7. The Kier molecular flexibility index (Phi) is 7.58. The van der Waals surface area contributed by atoms with Gasteiger partial charge in [0, 0.05) is 17.3 Å². The molecule has 5 N–H and O–H groups in total. The number of benzene rings is 2. The predicted octanol–water partition coefficient (Wildman–Crippen LogP) is 3.41. The van der Waals surface area contributed by atoms with Gasteiger partial charge in [-0.15, -0.1) is 0 Å². The molecule has 2 aromatic carbocycles. The number of hydrogen-bond donors (Lipinski definition) is 3. The number of anilines is 1. The summed E-state index contributed by atoms with van der Waals surface area (Å²) < 4.78 is 5.31. The Morgan fingerprint density at radius 3 is 2.53 bits per heavy atom. The van der Waals surface area contributed by atoms with Gasteiger partial charge in [-0.1, -0.05) is 23.7 Å². The number of aliphatic hydroxyl groups is 1. The van der Waals surface area contributed by atoms with Crippen molar-refractivity contribution < 1.29 is 14.6 Å². The number of nitrogens with zero attached hydrogens (tertiary/aromatic N) is 1. The number of rotatable bonds is 8. The Morgan fingerprint density at radius 1 is 1.27 bits per heavy atom. The average molecular weight is 432 g/mol. The highest BCUT2D eigenvalue weighted by Gasteiger charge is 2.22. The van der Waals surface area contributed by atoms with Gasteiger partial charge >= 0.3 is 0 Å². The summed E-state index contributed by atoms with van der Waals surface area (Å²) in [4.78, 5) is 13.9. The van der Waals surface area contributed by atoms with E-state index in [2.05, 4.69) is 4.90 Å². The molecule has 1 heterocycles. The molecule has 7 heteroatoms.